The third-order valence-electron chi connectivity index (χ3n) is 3.94. The third-order valence-corrected chi connectivity index (χ3v) is 3.94. The summed E-state index contributed by atoms with van der Waals surface area (Å²) in [6.45, 7) is -0.0669. The molecule has 1 saturated heterocycles. The molecule has 122 valence electrons. The van der Waals surface area contributed by atoms with E-state index in [0.29, 0.717) is 22.5 Å². The molecule has 0 bridgehead atoms. The first kappa shape index (κ1) is 14.6. The number of fused-ring (bicyclic) bond motifs is 1. The molecule has 1 aromatic carbocycles. The standard InChI is InChI=1S/C16H13FN4O3/c17-14-5-11(21-7-12(8-22)24-16(21)23)2-3-13(14)10-1-4-15-19-18-9-20(15)6-10/h1-6,9,12,22H,7-8H2/t12-/m1/s1. The molecule has 1 fully saturated rings. The Labute approximate surface area is 135 Å². The van der Waals surface area contributed by atoms with Gasteiger partial charge in [-0.1, -0.05) is 0 Å². The van der Waals surface area contributed by atoms with E-state index < -0.39 is 18.0 Å². The second-order valence-electron chi connectivity index (χ2n) is 5.48. The molecule has 24 heavy (non-hydrogen) atoms. The van der Waals surface area contributed by atoms with E-state index in [-0.39, 0.29) is 13.2 Å². The largest absolute Gasteiger partial charge is 0.441 e. The summed E-state index contributed by atoms with van der Waals surface area (Å²) in [5, 5.41) is 16.8. The molecule has 0 unspecified atom stereocenters. The fraction of sp³-hybridized carbons (Fsp3) is 0.188. The van der Waals surface area contributed by atoms with Crippen LogP contribution in [-0.4, -0.2) is 45.1 Å². The maximum atomic E-state index is 14.6. The van der Waals surface area contributed by atoms with E-state index in [9.17, 15) is 9.18 Å². The van der Waals surface area contributed by atoms with Crippen LogP contribution >= 0.6 is 0 Å². The number of ether oxygens (including phenoxy) is 1. The Hall–Kier alpha value is -3.00. The molecular weight excluding hydrogens is 315 g/mol. The van der Waals surface area contributed by atoms with E-state index in [2.05, 4.69) is 10.2 Å². The third kappa shape index (κ3) is 2.37. The Morgan fingerprint density at radius 3 is 2.96 bits per heavy atom. The van der Waals surface area contributed by atoms with E-state index in [1.165, 1.54) is 11.0 Å². The average molecular weight is 328 g/mol. The summed E-state index contributed by atoms with van der Waals surface area (Å²) in [6, 6.07) is 8.05. The molecule has 4 rings (SSSR count). The van der Waals surface area contributed by atoms with Crippen LogP contribution in [0.15, 0.2) is 42.9 Å². The lowest BCUT2D eigenvalue weighted by atomic mass is 10.1. The summed E-state index contributed by atoms with van der Waals surface area (Å²) in [5.74, 6) is -0.458. The smallest absolute Gasteiger partial charge is 0.414 e. The zero-order chi connectivity index (χ0) is 16.7. The molecule has 0 radical (unpaired) electrons. The Kier molecular flexibility index (Phi) is 3.39. The molecule has 7 nitrogen and oxygen atoms in total. The minimum Gasteiger partial charge on any atom is -0.441 e. The first-order valence-electron chi connectivity index (χ1n) is 7.34. The quantitative estimate of drug-likeness (QED) is 0.794. The van der Waals surface area contributed by atoms with Gasteiger partial charge >= 0.3 is 6.09 Å². The topological polar surface area (TPSA) is 80.0 Å². The van der Waals surface area contributed by atoms with E-state index >= 15 is 0 Å². The number of aromatic nitrogens is 3. The molecule has 2 aromatic heterocycles. The van der Waals surface area contributed by atoms with E-state index in [0.717, 1.165) is 0 Å². The molecule has 1 amide bonds. The van der Waals surface area contributed by atoms with Crippen LogP contribution in [0, 0.1) is 5.82 Å². The number of halogens is 1. The van der Waals surface area contributed by atoms with Crippen LogP contribution in [0.2, 0.25) is 0 Å². The van der Waals surface area contributed by atoms with Crippen LogP contribution in [-0.2, 0) is 4.74 Å². The summed E-state index contributed by atoms with van der Waals surface area (Å²) in [4.78, 5) is 13.1. The van der Waals surface area contributed by atoms with Crippen LogP contribution in [0.5, 0.6) is 0 Å². The van der Waals surface area contributed by atoms with E-state index in [1.54, 1.807) is 41.2 Å². The van der Waals surface area contributed by atoms with Gasteiger partial charge in [0.15, 0.2) is 5.65 Å². The fourth-order valence-electron chi connectivity index (χ4n) is 2.72. The Morgan fingerprint density at radius 2 is 2.21 bits per heavy atom. The van der Waals surface area contributed by atoms with Crippen molar-refractivity contribution in [1.82, 2.24) is 14.6 Å². The molecule has 3 aromatic rings. The lowest BCUT2D eigenvalue weighted by molar-refractivity contribution is 0.0963. The van der Waals surface area contributed by atoms with Crippen molar-refractivity contribution in [2.45, 2.75) is 6.10 Å². The number of pyridine rings is 1. The van der Waals surface area contributed by atoms with Crippen LogP contribution in [0.4, 0.5) is 14.9 Å². The van der Waals surface area contributed by atoms with Crippen LogP contribution in [0.25, 0.3) is 16.8 Å². The van der Waals surface area contributed by atoms with Gasteiger partial charge in [0.2, 0.25) is 0 Å². The molecule has 1 aliphatic heterocycles. The predicted molar refractivity (Wildman–Crippen MR) is 83.1 cm³/mol. The first-order valence-corrected chi connectivity index (χ1v) is 7.34. The van der Waals surface area contributed by atoms with Crippen molar-refractivity contribution in [2.75, 3.05) is 18.1 Å². The highest BCUT2D eigenvalue weighted by atomic mass is 19.1. The number of carbonyl (C=O) groups excluding carboxylic acids is 1. The van der Waals surface area contributed by atoms with Crippen molar-refractivity contribution < 1.29 is 19.0 Å². The number of benzene rings is 1. The van der Waals surface area contributed by atoms with Crippen LogP contribution in [0.1, 0.15) is 0 Å². The number of aliphatic hydroxyl groups is 1. The molecule has 0 aliphatic carbocycles. The maximum Gasteiger partial charge on any atom is 0.414 e. The van der Waals surface area contributed by atoms with Gasteiger partial charge in [-0.15, -0.1) is 10.2 Å². The van der Waals surface area contributed by atoms with Crippen molar-refractivity contribution >= 4 is 17.4 Å². The number of hydrogen-bond donors (Lipinski definition) is 1. The fourth-order valence-corrected chi connectivity index (χ4v) is 2.72. The molecular formula is C16H13FN4O3. The van der Waals surface area contributed by atoms with Gasteiger partial charge in [0.1, 0.15) is 18.2 Å². The minimum atomic E-state index is -0.591. The maximum absolute atomic E-state index is 14.6. The highest BCUT2D eigenvalue weighted by molar-refractivity contribution is 5.90. The van der Waals surface area contributed by atoms with Crippen molar-refractivity contribution in [3.63, 3.8) is 0 Å². The van der Waals surface area contributed by atoms with E-state index in [4.69, 9.17) is 9.84 Å². The molecule has 1 aliphatic rings. The van der Waals surface area contributed by atoms with Crippen molar-refractivity contribution in [3.8, 4) is 11.1 Å². The van der Waals surface area contributed by atoms with Crippen molar-refractivity contribution in [3.05, 3.63) is 48.7 Å². The van der Waals surface area contributed by atoms with Crippen LogP contribution in [0.3, 0.4) is 0 Å². The summed E-state index contributed by atoms with van der Waals surface area (Å²) >= 11 is 0. The Bertz CT molecular complexity index is 927. The van der Waals surface area contributed by atoms with Gasteiger partial charge in [-0.3, -0.25) is 9.30 Å². The highest BCUT2D eigenvalue weighted by Crippen LogP contribution is 2.29. The SMILES string of the molecule is O=C1O[C@@H](CO)CN1c1ccc(-c2ccc3nncn3c2)c(F)c1. The summed E-state index contributed by atoms with van der Waals surface area (Å²) in [5.41, 5.74) is 2.14. The van der Waals surface area contributed by atoms with Crippen molar-refractivity contribution in [2.24, 2.45) is 0 Å². The van der Waals surface area contributed by atoms with Gasteiger partial charge in [0, 0.05) is 17.3 Å². The second-order valence-corrected chi connectivity index (χ2v) is 5.48. The number of rotatable bonds is 3. The Balaban J connectivity index is 1.68. The average Bonchev–Trinajstić information content (AvgIpc) is 3.20. The van der Waals surface area contributed by atoms with Gasteiger partial charge in [0.25, 0.3) is 0 Å². The van der Waals surface area contributed by atoms with E-state index in [1.807, 2.05) is 0 Å². The summed E-state index contributed by atoms with van der Waals surface area (Å²) < 4.78 is 21.2. The summed E-state index contributed by atoms with van der Waals surface area (Å²) in [6.07, 6.45) is 2.10. The highest BCUT2D eigenvalue weighted by Gasteiger charge is 2.32. The predicted octanol–water partition coefficient (Wildman–Crippen LogP) is 1.85. The number of nitrogens with zero attached hydrogens (tertiary/aromatic N) is 4. The monoisotopic (exact) mass is 328 g/mol. The van der Waals surface area contributed by atoms with Gasteiger partial charge in [-0.2, -0.15) is 0 Å². The number of hydrogen-bond acceptors (Lipinski definition) is 5. The number of cyclic esters (lactones) is 1. The molecule has 1 atom stereocenters. The number of anilines is 1. The van der Waals surface area contributed by atoms with Gasteiger partial charge in [-0.25, -0.2) is 9.18 Å². The number of amides is 1. The molecule has 0 saturated carbocycles. The first-order chi connectivity index (χ1) is 11.7. The number of aliphatic hydroxyl groups excluding tert-OH is 1. The number of carbonyl (C=O) groups is 1. The van der Waals surface area contributed by atoms with Gasteiger partial charge < -0.3 is 9.84 Å². The lowest BCUT2D eigenvalue weighted by Crippen LogP contribution is -2.25. The normalized spacial score (nSPS) is 17.5. The van der Waals surface area contributed by atoms with Crippen molar-refractivity contribution in [1.29, 1.82) is 0 Å². The molecule has 8 heteroatoms. The molecule has 0 spiro atoms. The van der Waals surface area contributed by atoms with Crippen LogP contribution < -0.4 is 4.90 Å². The molecule has 3 heterocycles. The van der Waals surface area contributed by atoms with Gasteiger partial charge in [-0.05, 0) is 30.3 Å². The summed E-state index contributed by atoms with van der Waals surface area (Å²) in [7, 11) is 0. The lowest BCUT2D eigenvalue weighted by Gasteiger charge is -2.14. The zero-order valence-electron chi connectivity index (χ0n) is 12.5. The Morgan fingerprint density at radius 1 is 1.33 bits per heavy atom. The van der Waals surface area contributed by atoms with Gasteiger partial charge in [0.05, 0.1) is 18.8 Å². The second kappa shape index (κ2) is 5.57. The minimum absolute atomic E-state index is 0.195. The molecule has 1 N–H and O–H groups in total. The zero-order valence-corrected chi connectivity index (χ0v) is 12.5.